The minimum atomic E-state index is 0.262. The Bertz CT molecular complexity index is 532. The highest BCUT2D eigenvalue weighted by molar-refractivity contribution is 9.09. The number of rotatable bonds is 3. The molecule has 1 unspecified atom stereocenters. The Hall–Kier alpha value is -1.41. The Balaban J connectivity index is 2.64. The van der Waals surface area contributed by atoms with Crippen LogP contribution in [0.25, 0.3) is 11.1 Å². The lowest BCUT2D eigenvalue weighted by Gasteiger charge is -2.13. The quantitative estimate of drug-likeness (QED) is 0.595. The van der Waals surface area contributed by atoms with Crippen molar-refractivity contribution in [2.75, 3.05) is 0 Å². The second kappa shape index (κ2) is 5.28. The summed E-state index contributed by atoms with van der Waals surface area (Å²) in [6.07, 6.45) is 0.908. The molecule has 0 radical (unpaired) electrons. The Kier molecular flexibility index (Phi) is 3.75. The summed E-state index contributed by atoms with van der Waals surface area (Å²) >= 11 is 3.59. The number of alkyl halides is 1. The Morgan fingerprint density at radius 2 is 1.59 bits per heavy atom. The van der Waals surface area contributed by atoms with Crippen molar-refractivity contribution < 1.29 is 4.79 Å². The topological polar surface area (TPSA) is 17.1 Å². The number of carbonyl (C=O) groups excluding carboxylic acids is 1. The molecule has 0 aromatic heterocycles. The van der Waals surface area contributed by atoms with Gasteiger partial charge in [0.25, 0.3) is 0 Å². The third-order valence-corrected chi connectivity index (χ3v) is 3.26. The first-order valence-corrected chi connectivity index (χ1v) is 6.43. The van der Waals surface area contributed by atoms with E-state index < -0.39 is 0 Å². The molecule has 0 aliphatic rings. The van der Waals surface area contributed by atoms with Crippen molar-refractivity contribution >= 4 is 22.2 Å². The second-order valence-electron chi connectivity index (χ2n) is 3.91. The van der Waals surface area contributed by atoms with Gasteiger partial charge in [0, 0.05) is 10.4 Å². The highest BCUT2D eigenvalue weighted by atomic mass is 79.9. The van der Waals surface area contributed by atoms with E-state index in [1.807, 2.05) is 36.4 Å². The molecule has 1 atom stereocenters. The molecule has 0 saturated heterocycles. The van der Waals surface area contributed by atoms with Gasteiger partial charge in [-0.3, -0.25) is 4.79 Å². The van der Waals surface area contributed by atoms with Crippen LogP contribution in [-0.2, 0) is 0 Å². The fourth-order valence-electron chi connectivity index (χ4n) is 1.93. The maximum atomic E-state index is 11.1. The third-order valence-electron chi connectivity index (χ3n) is 2.77. The Morgan fingerprint density at radius 1 is 1.00 bits per heavy atom. The van der Waals surface area contributed by atoms with Gasteiger partial charge in [0.15, 0.2) is 6.29 Å². The third kappa shape index (κ3) is 2.47. The molecule has 0 saturated carbocycles. The fourth-order valence-corrected chi connectivity index (χ4v) is 2.33. The number of hydrogen-bond acceptors (Lipinski definition) is 1. The largest absolute Gasteiger partial charge is 0.298 e. The molecule has 0 heterocycles. The van der Waals surface area contributed by atoms with Crippen LogP contribution in [0, 0.1) is 0 Å². The van der Waals surface area contributed by atoms with E-state index in [0.717, 1.165) is 23.0 Å². The smallest absolute Gasteiger partial charge is 0.150 e. The van der Waals surface area contributed by atoms with Crippen LogP contribution >= 0.6 is 15.9 Å². The molecular formula is C15H13BrO. The van der Waals surface area contributed by atoms with Crippen molar-refractivity contribution in [3.05, 3.63) is 59.7 Å². The summed E-state index contributed by atoms with van der Waals surface area (Å²) in [5.41, 5.74) is 4.03. The lowest BCUT2D eigenvalue weighted by molar-refractivity contribution is 0.112. The van der Waals surface area contributed by atoms with Crippen LogP contribution in [0.5, 0.6) is 0 Å². The lowest BCUT2D eigenvalue weighted by atomic mass is 9.95. The van der Waals surface area contributed by atoms with Crippen LogP contribution in [0.2, 0.25) is 0 Å². The van der Waals surface area contributed by atoms with Gasteiger partial charge in [0.05, 0.1) is 0 Å². The summed E-state index contributed by atoms with van der Waals surface area (Å²) < 4.78 is 0. The zero-order chi connectivity index (χ0) is 12.3. The van der Waals surface area contributed by atoms with E-state index in [2.05, 4.69) is 35.0 Å². The molecule has 1 nitrogen and oxygen atoms in total. The van der Waals surface area contributed by atoms with Gasteiger partial charge in [-0.1, -0.05) is 64.5 Å². The summed E-state index contributed by atoms with van der Waals surface area (Å²) in [7, 11) is 0. The van der Waals surface area contributed by atoms with Crippen LogP contribution < -0.4 is 0 Å². The van der Waals surface area contributed by atoms with Crippen LogP contribution in [0.3, 0.4) is 0 Å². The first-order valence-electron chi connectivity index (χ1n) is 5.51. The maximum absolute atomic E-state index is 11.1. The molecule has 0 amide bonds. The summed E-state index contributed by atoms with van der Waals surface area (Å²) in [4.78, 5) is 11.3. The van der Waals surface area contributed by atoms with Gasteiger partial charge in [0.1, 0.15) is 0 Å². The number of hydrogen-bond donors (Lipinski definition) is 0. The van der Waals surface area contributed by atoms with E-state index >= 15 is 0 Å². The van der Waals surface area contributed by atoms with Crippen LogP contribution in [0.4, 0.5) is 0 Å². The number of carbonyl (C=O) groups is 1. The monoisotopic (exact) mass is 288 g/mol. The van der Waals surface area contributed by atoms with Gasteiger partial charge < -0.3 is 0 Å². The Labute approximate surface area is 110 Å². The SMILES string of the molecule is CC(Br)c1ccccc1-c1ccccc1C=O. The van der Waals surface area contributed by atoms with Gasteiger partial charge in [-0.15, -0.1) is 0 Å². The van der Waals surface area contributed by atoms with Crippen LogP contribution in [-0.4, -0.2) is 6.29 Å². The van der Waals surface area contributed by atoms with E-state index in [1.54, 1.807) is 0 Å². The van der Waals surface area contributed by atoms with E-state index in [4.69, 9.17) is 0 Å². The average Bonchev–Trinajstić information content (AvgIpc) is 2.38. The minimum absolute atomic E-state index is 0.262. The van der Waals surface area contributed by atoms with E-state index in [9.17, 15) is 4.79 Å². The Morgan fingerprint density at radius 3 is 2.24 bits per heavy atom. The van der Waals surface area contributed by atoms with Crippen molar-refractivity contribution in [3.8, 4) is 11.1 Å². The second-order valence-corrected chi connectivity index (χ2v) is 5.28. The molecular weight excluding hydrogens is 276 g/mol. The molecule has 86 valence electrons. The first kappa shape index (κ1) is 12.1. The zero-order valence-corrected chi connectivity index (χ0v) is 11.1. The van der Waals surface area contributed by atoms with Gasteiger partial charge in [-0.05, 0) is 23.6 Å². The molecule has 0 N–H and O–H groups in total. The molecule has 2 aromatic carbocycles. The number of aldehydes is 1. The van der Waals surface area contributed by atoms with E-state index in [1.165, 1.54) is 5.56 Å². The van der Waals surface area contributed by atoms with Crippen molar-refractivity contribution in [2.45, 2.75) is 11.8 Å². The van der Waals surface area contributed by atoms with Crippen LogP contribution in [0.15, 0.2) is 48.5 Å². The molecule has 0 bridgehead atoms. The minimum Gasteiger partial charge on any atom is -0.298 e. The van der Waals surface area contributed by atoms with Crippen molar-refractivity contribution in [1.82, 2.24) is 0 Å². The molecule has 2 rings (SSSR count). The normalized spacial score (nSPS) is 12.1. The van der Waals surface area contributed by atoms with E-state index in [0.29, 0.717) is 0 Å². The van der Waals surface area contributed by atoms with Gasteiger partial charge >= 0.3 is 0 Å². The molecule has 17 heavy (non-hydrogen) atoms. The van der Waals surface area contributed by atoms with Gasteiger partial charge in [-0.2, -0.15) is 0 Å². The number of halogens is 1. The van der Waals surface area contributed by atoms with Crippen molar-refractivity contribution in [2.24, 2.45) is 0 Å². The summed E-state index contributed by atoms with van der Waals surface area (Å²) in [5.74, 6) is 0. The fraction of sp³-hybridized carbons (Fsp3) is 0.133. The zero-order valence-electron chi connectivity index (χ0n) is 9.56. The average molecular weight is 289 g/mol. The standard InChI is InChI=1S/C15H13BrO/c1-11(16)13-7-4-5-9-15(13)14-8-3-2-6-12(14)10-17/h2-11H,1H3. The molecule has 0 fully saturated rings. The maximum Gasteiger partial charge on any atom is 0.150 e. The van der Waals surface area contributed by atoms with E-state index in [-0.39, 0.29) is 4.83 Å². The lowest BCUT2D eigenvalue weighted by Crippen LogP contribution is -1.93. The molecule has 2 heteroatoms. The molecule has 0 aliphatic heterocycles. The van der Waals surface area contributed by atoms with Crippen LogP contribution in [0.1, 0.15) is 27.7 Å². The highest BCUT2D eigenvalue weighted by Crippen LogP contribution is 2.33. The van der Waals surface area contributed by atoms with Crippen molar-refractivity contribution in [3.63, 3.8) is 0 Å². The first-order chi connectivity index (χ1) is 8.24. The molecule has 0 aliphatic carbocycles. The summed E-state index contributed by atoms with van der Waals surface area (Å²) in [6.45, 7) is 2.09. The summed E-state index contributed by atoms with van der Waals surface area (Å²) in [5, 5.41) is 0. The van der Waals surface area contributed by atoms with Gasteiger partial charge in [0.2, 0.25) is 0 Å². The number of benzene rings is 2. The molecule has 0 spiro atoms. The molecule has 2 aromatic rings. The van der Waals surface area contributed by atoms with Crippen molar-refractivity contribution in [1.29, 1.82) is 0 Å². The predicted molar refractivity (Wildman–Crippen MR) is 74.6 cm³/mol. The summed E-state index contributed by atoms with van der Waals surface area (Å²) in [6, 6.07) is 15.8. The highest BCUT2D eigenvalue weighted by Gasteiger charge is 2.11. The van der Waals surface area contributed by atoms with Gasteiger partial charge in [-0.25, -0.2) is 0 Å². The predicted octanol–water partition coefficient (Wildman–Crippen LogP) is 4.62.